The molecule has 0 aromatic carbocycles. The Bertz CT molecular complexity index is 155. The van der Waals surface area contributed by atoms with Crippen LogP contribution in [-0.4, -0.2) is 23.3 Å². The van der Waals surface area contributed by atoms with Crippen LogP contribution in [0.2, 0.25) is 0 Å². The van der Waals surface area contributed by atoms with E-state index in [1.165, 1.54) is 11.8 Å². The molecule has 0 saturated carbocycles. The van der Waals surface area contributed by atoms with E-state index in [9.17, 15) is 0 Å². The fourth-order valence-electron chi connectivity index (χ4n) is 0.364. The van der Waals surface area contributed by atoms with Gasteiger partial charge in [0.2, 0.25) is 4.38 Å². The van der Waals surface area contributed by atoms with Crippen molar-refractivity contribution in [3.8, 4) is 6.07 Å². The molecular weight excluding hydrogens is 180 g/mol. The first-order valence-corrected chi connectivity index (χ1v) is 4.57. The molecule has 5 heteroatoms. The predicted octanol–water partition coefficient (Wildman–Crippen LogP) is 0.893. The van der Waals surface area contributed by atoms with Gasteiger partial charge in [0.25, 0.3) is 0 Å². The van der Waals surface area contributed by atoms with E-state index < -0.39 is 0 Å². The number of hydrogen-bond donors (Lipinski definition) is 1. The number of ether oxygens (including phenoxy) is 1. The second-order valence-electron chi connectivity index (χ2n) is 1.64. The van der Waals surface area contributed by atoms with Crippen molar-refractivity contribution in [3.05, 3.63) is 0 Å². The van der Waals surface area contributed by atoms with Crippen LogP contribution < -0.4 is 5.73 Å². The molecular formula is C6H10N2OS2. The quantitative estimate of drug-likeness (QED) is 0.527. The lowest BCUT2D eigenvalue weighted by atomic mass is 10.6. The van der Waals surface area contributed by atoms with Crippen LogP contribution in [-0.2, 0) is 4.74 Å². The van der Waals surface area contributed by atoms with Crippen molar-refractivity contribution < 1.29 is 4.74 Å². The molecule has 0 aliphatic rings. The Morgan fingerprint density at radius 1 is 1.73 bits per heavy atom. The molecule has 0 rings (SSSR count). The normalized spacial score (nSPS) is 8.73. The molecule has 0 amide bonds. The van der Waals surface area contributed by atoms with Crippen LogP contribution in [0.25, 0.3) is 0 Å². The first-order chi connectivity index (χ1) is 5.31. The molecule has 62 valence electrons. The van der Waals surface area contributed by atoms with Crippen LogP contribution in [0, 0.1) is 11.3 Å². The molecule has 0 radical (unpaired) electrons. The van der Waals surface area contributed by atoms with Crippen LogP contribution >= 0.6 is 24.0 Å². The van der Waals surface area contributed by atoms with E-state index in [0.29, 0.717) is 29.7 Å². The summed E-state index contributed by atoms with van der Waals surface area (Å²) in [7, 11) is 0. The fourth-order valence-corrected chi connectivity index (χ4v) is 1.22. The van der Waals surface area contributed by atoms with E-state index in [0.717, 1.165) is 0 Å². The summed E-state index contributed by atoms with van der Waals surface area (Å²) < 4.78 is 5.48. The summed E-state index contributed by atoms with van der Waals surface area (Å²) in [6.45, 7) is 0.928. The molecule has 0 fully saturated rings. The van der Waals surface area contributed by atoms with Crippen LogP contribution in [0.3, 0.4) is 0 Å². The van der Waals surface area contributed by atoms with Crippen LogP contribution in [0.15, 0.2) is 0 Å². The van der Waals surface area contributed by atoms with Crippen LogP contribution in [0.4, 0.5) is 0 Å². The van der Waals surface area contributed by atoms with Gasteiger partial charge in [0.15, 0.2) is 0 Å². The zero-order valence-corrected chi connectivity index (χ0v) is 7.71. The molecule has 2 N–H and O–H groups in total. The molecule has 0 aliphatic carbocycles. The van der Waals surface area contributed by atoms with Crippen molar-refractivity contribution in [3.63, 3.8) is 0 Å². The van der Waals surface area contributed by atoms with Crippen molar-refractivity contribution in [2.45, 2.75) is 6.42 Å². The molecule has 0 aromatic rings. The van der Waals surface area contributed by atoms with Crippen molar-refractivity contribution in [2.24, 2.45) is 5.73 Å². The third kappa shape index (κ3) is 7.59. The maximum absolute atomic E-state index is 8.19. The lowest BCUT2D eigenvalue weighted by molar-refractivity contribution is 0.333. The maximum Gasteiger partial charge on any atom is 0.220 e. The van der Waals surface area contributed by atoms with Crippen molar-refractivity contribution in [1.82, 2.24) is 0 Å². The van der Waals surface area contributed by atoms with E-state index in [4.69, 9.17) is 28.0 Å². The zero-order valence-electron chi connectivity index (χ0n) is 6.08. The summed E-state index contributed by atoms with van der Waals surface area (Å²) >= 11 is 6.18. The molecule has 0 saturated heterocycles. The molecule has 0 aliphatic heterocycles. The Labute approximate surface area is 75.9 Å². The first-order valence-electron chi connectivity index (χ1n) is 3.18. The van der Waals surface area contributed by atoms with Crippen LogP contribution in [0.5, 0.6) is 0 Å². The topological polar surface area (TPSA) is 59.0 Å². The number of hydrogen-bond acceptors (Lipinski definition) is 5. The number of nitrogens with zero attached hydrogens (tertiary/aromatic N) is 1. The van der Waals surface area contributed by atoms with Crippen molar-refractivity contribution in [2.75, 3.05) is 18.9 Å². The Kier molecular flexibility index (Phi) is 7.57. The van der Waals surface area contributed by atoms with Gasteiger partial charge in [-0.2, -0.15) is 5.26 Å². The summed E-state index contributed by atoms with van der Waals surface area (Å²) in [5.74, 6) is 0.694. The van der Waals surface area contributed by atoms with Gasteiger partial charge >= 0.3 is 0 Å². The monoisotopic (exact) mass is 190 g/mol. The van der Waals surface area contributed by atoms with Gasteiger partial charge in [-0.05, 0) is 12.2 Å². The third-order valence-electron chi connectivity index (χ3n) is 0.772. The summed E-state index contributed by atoms with van der Waals surface area (Å²) in [5.41, 5.74) is 5.19. The Morgan fingerprint density at radius 2 is 2.45 bits per heavy atom. The van der Waals surface area contributed by atoms with E-state index in [1.54, 1.807) is 0 Å². The smallest absolute Gasteiger partial charge is 0.220 e. The van der Waals surface area contributed by atoms with E-state index in [1.807, 2.05) is 6.07 Å². The molecule has 0 unspecified atom stereocenters. The number of rotatable bonds is 4. The highest BCUT2D eigenvalue weighted by atomic mass is 32.2. The predicted molar refractivity (Wildman–Crippen MR) is 50.3 cm³/mol. The van der Waals surface area contributed by atoms with E-state index >= 15 is 0 Å². The average Bonchev–Trinajstić information content (AvgIpc) is 2.01. The lowest BCUT2D eigenvalue weighted by Crippen LogP contribution is -2.10. The van der Waals surface area contributed by atoms with E-state index in [-0.39, 0.29) is 0 Å². The van der Waals surface area contributed by atoms with Gasteiger partial charge in [-0.15, -0.1) is 0 Å². The number of nitrogens with two attached hydrogens (primary N) is 1. The third-order valence-corrected chi connectivity index (χ3v) is 2.00. The summed E-state index contributed by atoms with van der Waals surface area (Å²) in [5, 5.41) is 8.19. The Hall–Kier alpha value is -0.310. The van der Waals surface area contributed by atoms with Crippen molar-refractivity contribution >= 4 is 28.4 Å². The molecule has 0 aromatic heterocycles. The highest BCUT2D eigenvalue weighted by Gasteiger charge is 1.96. The fraction of sp³-hybridized carbons (Fsp3) is 0.667. The number of thiocarbonyl (C=S) groups is 1. The van der Waals surface area contributed by atoms with Gasteiger partial charge < -0.3 is 10.5 Å². The number of nitriles is 1. The Balaban J connectivity index is 3.17. The van der Waals surface area contributed by atoms with Gasteiger partial charge in [-0.1, -0.05) is 11.8 Å². The Morgan fingerprint density at radius 3 is 3.00 bits per heavy atom. The summed E-state index contributed by atoms with van der Waals surface area (Å²) in [6, 6.07) is 2.02. The minimum Gasteiger partial charge on any atom is -0.477 e. The molecule has 0 spiro atoms. The standard InChI is InChI=1S/C6H10N2OS2/c7-2-1-5-11-6(10)9-4-3-8/h1,3-5,8H2. The minimum atomic E-state index is 0.457. The zero-order chi connectivity index (χ0) is 8.53. The first kappa shape index (κ1) is 10.7. The van der Waals surface area contributed by atoms with Crippen LogP contribution in [0.1, 0.15) is 6.42 Å². The number of thioether (sulfide) groups is 1. The highest BCUT2D eigenvalue weighted by Crippen LogP contribution is 2.06. The van der Waals surface area contributed by atoms with Gasteiger partial charge in [-0.3, -0.25) is 0 Å². The van der Waals surface area contributed by atoms with Gasteiger partial charge in [0.05, 0.1) is 6.07 Å². The lowest BCUT2D eigenvalue weighted by Gasteiger charge is -2.02. The summed E-state index contributed by atoms with van der Waals surface area (Å²) in [6.07, 6.45) is 0.497. The van der Waals surface area contributed by atoms with Gasteiger partial charge in [0, 0.05) is 18.7 Å². The second kappa shape index (κ2) is 7.79. The van der Waals surface area contributed by atoms with Crippen molar-refractivity contribution in [1.29, 1.82) is 5.26 Å². The maximum atomic E-state index is 8.19. The average molecular weight is 190 g/mol. The second-order valence-corrected chi connectivity index (χ2v) is 3.34. The summed E-state index contributed by atoms with van der Waals surface area (Å²) in [4.78, 5) is 0. The molecule has 0 heterocycles. The molecule has 11 heavy (non-hydrogen) atoms. The van der Waals surface area contributed by atoms with Gasteiger partial charge in [-0.25, -0.2) is 0 Å². The molecule has 0 atom stereocenters. The SMILES string of the molecule is N#CCCSC(=S)OCCN. The molecule has 0 bridgehead atoms. The largest absolute Gasteiger partial charge is 0.477 e. The highest BCUT2D eigenvalue weighted by molar-refractivity contribution is 8.22. The minimum absolute atomic E-state index is 0.457. The molecule has 3 nitrogen and oxygen atoms in total. The van der Waals surface area contributed by atoms with Gasteiger partial charge in [0.1, 0.15) is 6.61 Å². The van der Waals surface area contributed by atoms with E-state index in [2.05, 4.69) is 0 Å².